The van der Waals surface area contributed by atoms with Crippen molar-refractivity contribution >= 4 is 29.2 Å². The predicted octanol–water partition coefficient (Wildman–Crippen LogP) is 8.60. The third-order valence-corrected chi connectivity index (χ3v) is 8.44. The second-order valence-corrected chi connectivity index (χ2v) is 12.0. The fourth-order valence-corrected chi connectivity index (χ4v) is 4.81. The van der Waals surface area contributed by atoms with Gasteiger partial charge in [0.25, 0.3) is 0 Å². The minimum Gasteiger partial charge on any atom is -0.458 e. The first-order valence-electron chi connectivity index (χ1n) is 13.3. The molecule has 1 aromatic heterocycles. The highest BCUT2D eigenvalue weighted by atomic mass is 32.1. The van der Waals surface area contributed by atoms with Crippen LogP contribution in [0.2, 0.25) is 0 Å². The van der Waals surface area contributed by atoms with Crippen molar-refractivity contribution < 1.29 is 14.3 Å². The van der Waals surface area contributed by atoms with Crippen molar-refractivity contribution in [3.8, 4) is 0 Å². The first-order chi connectivity index (χ1) is 16.3. The molecule has 4 nitrogen and oxygen atoms in total. The molecule has 4 atom stereocenters. The summed E-state index contributed by atoms with van der Waals surface area (Å²) in [4.78, 5) is 29.4. The fraction of sp³-hybridized carbons (Fsp3) is 0.700. The van der Waals surface area contributed by atoms with E-state index in [1.54, 1.807) is 11.3 Å². The number of rotatable bonds is 15. The predicted molar refractivity (Wildman–Crippen MR) is 149 cm³/mol. The van der Waals surface area contributed by atoms with Gasteiger partial charge in [-0.05, 0) is 63.5 Å². The number of thiazole rings is 1. The van der Waals surface area contributed by atoms with Gasteiger partial charge >= 0.3 is 5.97 Å². The van der Waals surface area contributed by atoms with E-state index in [1.165, 1.54) is 5.57 Å². The van der Waals surface area contributed by atoms with Gasteiger partial charge in [-0.1, -0.05) is 66.5 Å². The molecule has 1 aromatic rings. The van der Waals surface area contributed by atoms with Gasteiger partial charge < -0.3 is 4.74 Å². The Balaban J connectivity index is 2.69. The Labute approximate surface area is 218 Å². The molecule has 0 fully saturated rings. The Kier molecular flexibility index (Phi) is 13.2. The lowest BCUT2D eigenvalue weighted by Crippen LogP contribution is -2.34. The van der Waals surface area contributed by atoms with Crippen molar-refractivity contribution in [1.29, 1.82) is 0 Å². The fourth-order valence-electron chi connectivity index (χ4n) is 4.24. The maximum Gasteiger partial charge on any atom is 0.306 e. The van der Waals surface area contributed by atoms with Gasteiger partial charge in [-0.2, -0.15) is 0 Å². The van der Waals surface area contributed by atoms with Crippen molar-refractivity contribution in [3.63, 3.8) is 0 Å². The molecule has 0 aliphatic heterocycles. The summed E-state index contributed by atoms with van der Waals surface area (Å²) < 4.78 is 5.74. The van der Waals surface area contributed by atoms with Gasteiger partial charge in [0.15, 0.2) is 0 Å². The van der Waals surface area contributed by atoms with Gasteiger partial charge in [0.05, 0.1) is 10.7 Å². The second-order valence-electron chi connectivity index (χ2n) is 10.9. The molecule has 0 spiro atoms. The first-order valence-corrected chi connectivity index (χ1v) is 14.2. The van der Waals surface area contributed by atoms with Crippen LogP contribution in [0.4, 0.5) is 0 Å². The Hall–Kier alpha value is -1.75. The number of carbonyl (C=O) groups excluding carboxylic acids is 2. The summed E-state index contributed by atoms with van der Waals surface area (Å²) in [7, 11) is 0. The Morgan fingerprint density at radius 3 is 2.37 bits per heavy atom. The molecule has 0 amide bonds. The summed E-state index contributed by atoms with van der Waals surface area (Å²) in [6.45, 7) is 20.8. The van der Waals surface area contributed by atoms with E-state index in [2.05, 4.69) is 59.5 Å². The average Bonchev–Trinajstić information content (AvgIpc) is 3.23. The van der Waals surface area contributed by atoms with Gasteiger partial charge in [-0.3, -0.25) is 9.59 Å². The molecule has 0 radical (unpaired) electrons. The maximum absolute atomic E-state index is 12.9. The highest BCUT2D eigenvalue weighted by molar-refractivity contribution is 7.09. The number of nitrogens with zero attached hydrogens (tertiary/aromatic N) is 1. The van der Waals surface area contributed by atoms with Gasteiger partial charge in [-0.15, -0.1) is 11.3 Å². The van der Waals surface area contributed by atoms with E-state index >= 15 is 0 Å². The van der Waals surface area contributed by atoms with E-state index in [9.17, 15) is 9.59 Å². The number of aromatic nitrogens is 1. The largest absolute Gasteiger partial charge is 0.458 e. The zero-order chi connectivity index (χ0) is 26.8. The van der Waals surface area contributed by atoms with Crippen LogP contribution in [0.5, 0.6) is 0 Å². The van der Waals surface area contributed by atoms with Crippen LogP contribution in [0.25, 0.3) is 6.08 Å². The van der Waals surface area contributed by atoms with Crippen molar-refractivity contribution in [2.24, 2.45) is 23.2 Å². The summed E-state index contributed by atoms with van der Waals surface area (Å²) in [6, 6.07) is 0. The highest BCUT2D eigenvalue weighted by Gasteiger charge is 2.33. The molecular formula is C30H49NO3S. The van der Waals surface area contributed by atoms with Crippen molar-refractivity contribution in [2.45, 2.75) is 114 Å². The molecule has 198 valence electrons. The molecule has 0 aromatic carbocycles. The Morgan fingerprint density at radius 1 is 1.17 bits per heavy atom. The molecule has 5 heteroatoms. The van der Waals surface area contributed by atoms with Gasteiger partial charge in [0, 0.05) is 29.6 Å². The molecule has 1 heterocycles. The van der Waals surface area contributed by atoms with Crippen LogP contribution in [0, 0.1) is 30.1 Å². The third kappa shape index (κ3) is 10.4. The van der Waals surface area contributed by atoms with Crippen molar-refractivity contribution in [3.05, 3.63) is 33.3 Å². The molecule has 0 N–H and O–H groups in total. The van der Waals surface area contributed by atoms with Gasteiger partial charge in [0.1, 0.15) is 11.9 Å². The van der Waals surface area contributed by atoms with Crippen LogP contribution < -0.4 is 0 Å². The lowest BCUT2D eigenvalue weighted by atomic mass is 9.72. The molecule has 1 rings (SSSR count). The number of allylic oxidation sites excluding steroid dienone is 1. The van der Waals surface area contributed by atoms with Crippen molar-refractivity contribution in [2.75, 3.05) is 0 Å². The molecule has 35 heavy (non-hydrogen) atoms. The smallest absolute Gasteiger partial charge is 0.306 e. The van der Waals surface area contributed by atoms with Gasteiger partial charge in [0.2, 0.25) is 0 Å². The number of aryl methyl sites for hydroxylation is 1. The minimum atomic E-state index is -0.271. The lowest BCUT2D eigenvalue weighted by Gasteiger charge is -2.31. The SMILES string of the molecule is CCC(=O)O[C@@H](C/C=C(/C)CCC[C@H](C)[C@H](C)[C@@H](C)C(=O)C(C)(C)CC)/C(C)=C/c1csc(C)n1. The van der Waals surface area contributed by atoms with Crippen LogP contribution in [0.15, 0.2) is 22.6 Å². The highest BCUT2D eigenvalue weighted by Crippen LogP contribution is 2.33. The minimum absolute atomic E-state index is 0.0851. The second kappa shape index (κ2) is 14.7. The van der Waals surface area contributed by atoms with Crippen LogP contribution in [-0.4, -0.2) is 22.8 Å². The monoisotopic (exact) mass is 503 g/mol. The maximum atomic E-state index is 12.9. The summed E-state index contributed by atoms with van der Waals surface area (Å²) in [5.41, 5.74) is 3.00. The van der Waals surface area contributed by atoms with Crippen LogP contribution in [-0.2, 0) is 14.3 Å². The number of carbonyl (C=O) groups is 2. The standard InChI is InChI=1S/C30H49NO3S/c1-11-28(32)34-27(22(5)18-26-19-35-25(8)31-26)17-16-20(3)14-13-15-21(4)23(6)24(7)29(33)30(9,10)12-2/h16,18-19,21,23-24,27H,11-15,17H2,1-10H3/b20-16-,22-18+/t21-,23-,24+,27-/m0/s1. The third-order valence-electron chi connectivity index (χ3n) is 7.64. The summed E-state index contributed by atoms with van der Waals surface area (Å²) in [6.07, 6.45) is 9.10. The van der Waals surface area contributed by atoms with Gasteiger partial charge in [-0.25, -0.2) is 4.98 Å². The molecule has 0 aliphatic carbocycles. The molecular weight excluding hydrogens is 454 g/mol. The quantitative estimate of drug-likeness (QED) is 0.178. The summed E-state index contributed by atoms with van der Waals surface area (Å²) in [5, 5.41) is 3.05. The summed E-state index contributed by atoms with van der Waals surface area (Å²) >= 11 is 1.62. The lowest BCUT2D eigenvalue weighted by molar-refractivity contribution is -0.146. The first kappa shape index (κ1) is 31.3. The molecule has 0 saturated carbocycles. The van der Waals surface area contributed by atoms with Crippen LogP contribution in [0.1, 0.15) is 112 Å². The van der Waals surface area contributed by atoms with E-state index in [0.29, 0.717) is 30.5 Å². The zero-order valence-corrected chi connectivity index (χ0v) is 24.7. The molecule has 0 saturated heterocycles. The number of hydrogen-bond acceptors (Lipinski definition) is 5. The molecule has 0 unspecified atom stereocenters. The zero-order valence-electron chi connectivity index (χ0n) is 23.9. The molecule has 0 bridgehead atoms. The summed E-state index contributed by atoms with van der Waals surface area (Å²) in [5.74, 6) is 1.17. The van der Waals surface area contributed by atoms with E-state index in [-0.39, 0.29) is 23.4 Å². The van der Waals surface area contributed by atoms with Crippen LogP contribution in [0.3, 0.4) is 0 Å². The number of ether oxygens (including phenoxy) is 1. The Bertz CT molecular complexity index is 880. The number of hydrogen-bond donors (Lipinski definition) is 0. The average molecular weight is 504 g/mol. The number of esters is 1. The van der Waals surface area contributed by atoms with E-state index in [0.717, 1.165) is 42.0 Å². The van der Waals surface area contributed by atoms with E-state index < -0.39 is 0 Å². The van der Waals surface area contributed by atoms with E-state index in [4.69, 9.17) is 4.74 Å². The topological polar surface area (TPSA) is 56.3 Å². The van der Waals surface area contributed by atoms with E-state index in [1.807, 2.05) is 32.2 Å². The Morgan fingerprint density at radius 2 is 1.83 bits per heavy atom. The number of Topliss-reactive ketones (excluding diaryl/α,β-unsaturated/α-hetero) is 1. The molecule has 0 aliphatic rings. The van der Waals surface area contributed by atoms with Crippen LogP contribution >= 0.6 is 11.3 Å². The number of ketones is 1. The van der Waals surface area contributed by atoms with Crippen molar-refractivity contribution in [1.82, 2.24) is 4.98 Å². The normalized spacial score (nSPS) is 16.5.